The third-order valence-electron chi connectivity index (χ3n) is 2.92. The Morgan fingerprint density at radius 2 is 1.65 bits per heavy atom. The third-order valence-corrected chi connectivity index (χ3v) is 3.25. The number of halogens is 1. The van der Waals surface area contributed by atoms with Crippen LogP contribution in [-0.4, -0.2) is 12.1 Å². The molecular weight excluding hydrogens is 270 g/mol. The van der Waals surface area contributed by atoms with Gasteiger partial charge in [0.05, 0.1) is 29.5 Å². The minimum absolute atomic E-state index is 0.181. The van der Waals surface area contributed by atoms with Gasteiger partial charge in [0.1, 0.15) is 0 Å². The molecular formula is C17H20ClNO. The standard InChI is InChI=1S/C17H20ClNO/c1-17(2,19-16-11-7-6-10-15(16)18)13-20-12-14-8-4-3-5-9-14/h3-11,19H,12-13H2,1-2H3. The first-order chi connectivity index (χ1) is 9.57. The molecule has 0 unspecified atom stereocenters. The second-order valence-corrected chi connectivity index (χ2v) is 5.87. The molecule has 3 heteroatoms. The van der Waals surface area contributed by atoms with E-state index in [0.717, 1.165) is 10.7 Å². The monoisotopic (exact) mass is 289 g/mol. The van der Waals surface area contributed by atoms with Crippen LogP contribution in [-0.2, 0) is 11.3 Å². The second kappa shape index (κ2) is 6.78. The average molecular weight is 290 g/mol. The Bertz CT molecular complexity index is 540. The lowest BCUT2D eigenvalue weighted by molar-refractivity contribution is 0.0913. The lowest BCUT2D eigenvalue weighted by Gasteiger charge is -2.28. The summed E-state index contributed by atoms with van der Waals surface area (Å²) in [5.41, 5.74) is 1.93. The molecule has 0 saturated heterocycles. The van der Waals surface area contributed by atoms with E-state index in [1.807, 2.05) is 42.5 Å². The molecule has 0 aliphatic rings. The first-order valence-corrected chi connectivity index (χ1v) is 7.09. The van der Waals surface area contributed by atoms with Crippen molar-refractivity contribution in [3.63, 3.8) is 0 Å². The van der Waals surface area contributed by atoms with Crippen molar-refractivity contribution in [1.29, 1.82) is 0 Å². The molecule has 20 heavy (non-hydrogen) atoms. The summed E-state index contributed by atoms with van der Waals surface area (Å²) in [6.07, 6.45) is 0. The van der Waals surface area contributed by atoms with E-state index < -0.39 is 0 Å². The van der Waals surface area contributed by atoms with Gasteiger partial charge in [-0.1, -0.05) is 54.1 Å². The smallest absolute Gasteiger partial charge is 0.0718 e. The van der Waals surface area contributed by atoms with E-state index >= 15 is 0 Å². The molecule has 0 aromatic heterocycles. The largest absolute Gasteiger partial charge is 0.377 e. The molecule has 0 radical (unpaired) electrons. The van der Waals surface area contributed by atoms with Crippen molar-refractivity contribution >= 4 is 17.3 Å². The van der Waals surface area contributed by atoms with Crippen molar-refractivity contribution in [3.05, 3.63) is 65.2 Å². The maximum atomic E-state index is 6.16. The molecule has 1 N–H and O–H groups in total. The molecule has 0 aliphatic carbocycles. The summed E-state index contributed by atoms with van der Waals surface area (Å²) in [5.74, 6) is 0. The van der Waals surface area contributed by atoms with Crippen molar-refractivity contribution in [1.82, 2.24) is 0 Å². The summed E-state index contributed by atoms with van der Waals surface area (Å²) in [5, 5.41) is 4.14. The van der Waals surface area contributed by atoms with Crippen LogP contribution in [0.1, 0.15) is 19.4 Å². The Labute approximate surface area is 125 Å². The molecule has 2 aromatic carbocycles. The fourth-order valence-electron chi connectivity index (χ4n) is 1.96. The molecule has 0 heterocycles. The predicted octanol–water partition coefficient (Wildman–Crippen LogP) is 4.75. The van der Waals surface area contributed by atoms with E-state index in [2.05, 4.69) is 31.3 Å². The van der Waals surface area contributed by atoms with Crippen LogP contribution < -0.4 is 5.32 Å². The van der Waals surface area contributed by atoms with Crippen LogP contribution >= 0.6 is 11.6 Å². The number of benzene rings is 2. The highest BCUT2D eigenvalue weighted by atomic mass is 35.5. The number of hydrogen-bond acceptors (Lipinski definition) is 2. The van der Waals surface area contributed by atoms with Gasteiger partial charge in [-0.15, -0.1) is 0 Å². The molecule has 0 spiro atoms. The Morgan fingerprint density at radius 3 is 2.35 bits per heavy atom. The van der Waals surface area contributed by atoms with Gasteiger partial charge in [0.15, 0.2) is 0 Å². The van der Waals surface area contributed by atoms with E-state index in [-0.39, 0.29) is 5.54 Å². The molecule has 0 aliphatic heterocycles. The van der Waals surface area contributed by atoms with Gasteiger partial charge in [0.25, 0.3) is 0 Å². The minimum atomic E-state index is -0.181. The highest BCUT2D eigenvalue weighted by Gasteiger charge is 2.18. The van der Waals surface area contributed by atoms with Crippen molar-refractivity contribution < 1.29 is 4.74 Å². The predicted molar refractivity (Wildman–Crippen MR) is 85.3 cm³/mol. The molecule has 0 atom stereocenters. The van der Waals surface area contributed by atoms with E-state index in [4.69, 9.17) is 16.3 Å². The van der Waals surface area contributed by atoms with Crippen molar-refractivity contribution in [2.75, 3.05) is 11.9 Å². The van der Waals surface area contributed by atoms with Crippen LogP contribution in [0.25, 0.3) is 0 Å². The molecule has 2 aromatic rings. The normalized spacial score (nSPS) is 11.3. The third kappa shape index (κ3) is 4.55. The van der Waals surface area contributed by atoms with Gasteiger partial charge >= 0.3 is 0 Å². The maximum Gasteiger partial charge on any atom is 0.0718 e. The van der Waals surface area contributed by atoms with E-state index in [9.17, 15) is 0 Å². The first-order valence-electron chi connectivity index (χ1n) is 6.71. The molecule has 106 valence electrons. The number of nitrogens with one attached hydrogen (secondary N) is 1. The Kier molecular flexibility index (Phi) is 5.05. The molecule has 2 rings (SSSR count). The average Bonchev–Trinajstić information content (AvgIpc) is 2.42. The second-order valence-electron chi connectivity index (χ2n) is 5.47. The summed E-state index contributed by atoms with van der Waals surface area (Å²) in [6, 6.07) is 17.9. The van der Waals surface area contributed by atoms with Gasteiger partial charge in [-0.3, -0.25) is 0 Å². The lowest BCUT2D eigenvalue weighted by Crippen LogP contribution is -2.36. The van der Waals surface area contributed by atoms with Gasteiger partial charge in [0, 0.05) is 0 Å². The summed E-state index contributed by atoms with van der Waals surface area (Å²) in [4.78, 5) is 0. The molecule has 0 fully saturated rings. The number of ether oxygens (including phenoxy) is 1. The van der Waals surface area contributed by atoms with Crippen LogP contribution in [0.2, 0.25) is 5.02 Å². The number of rotatable bonds is 6. The summed E-state index contributed by atoms with van der Waals surface area (Å²) >= 11 is 6.16. The Balaban J connectivity index is 1.86. The highest BCUT2D eigenvalue weighted by Crippen LogP contribution is 2.24. The van der Waals surface area contributed by atoms with Crippen LogP contribution in [0, 0.1) is 0 Å². The summed E-state index contributed by atoms with van der Waals surface area (Å²) in [7, 11) is 0. The Hall–Kier alpha value is -1.51. The summed E-state index contributed by atoms with van der Waals surface area (Å²) in [6.45, 7) is 5.42. The fourth-order valence-corrected chi connectivity index (χ4v) is 2.14. The number of hydrogen-bond donors (Lipinski definition) is 1. The molecule has 0 bridgehead atoms. The Morgan fingerprint density at radius 1 is 1.00 bits per heavy atom. The molecule has 2 nitrogen and oxygen atoms in total. The van der Waals surface area contributed by atoms with Crippen molar-refractivity contribution in [3.8, 4) is 0 Å². The fraction of sp³-hybridized carbons (Fsp3) is 0.294. The quantitative estimate of drug-likeness (QED) is 0.829. The maximum absolute atomic E-state index is 6.16. The van der Waals surface area contributed by atoms with Gasteiger partial charge in [-0.25, -0.2) is 0 Å². The zero-order valence-corrected chi connectivity index (χ0v) is 12.7. The minimum Gasteiger partial charge on any atom is -0.377 e. The van der Waals surface area contributed by atoms with Crippen LogP contribution in [0.5, 0.6) is 0 Å². The van der Waals surface area contributed by atoms with Gasteiger partial charge in [-0.05, 0) is 31.5 Å². The molecule has 0 saturated carbocycles. The highest BCUT2D eigenvalue weighted by molar-refractivity contribution is 6.33. The zero-order chi connectivity index (χ0) is 14.4. The topological polar surface area (TPSA) is 21.3 Å². The van der Waals surface area contributed by atoms with Crippen LogP contribution in [0.4, 0.5) is 5.69 Å². The van der Waals surface area contributed by atoms with Crippen molar-refractivity contribution in [2.45, 2.75) is 26.0 Å². The van der Waals surface area contributed by atoms with Gasteiger partial charge in [0.2, 0.25) is 0 Å². The van der Waals surface area contributed by atoms with Crippen LogP contribution in [0.15, 0.2) is 54.6 Å². The van der Waals surface area contributed by atoms with Gasteiger partial charge in [-0.2, -0.15) is 0 Å². The number of anilines is 1. The SMILES string of the molecule is CC(C)(COCc1ccccc1)Nc1ccccc1Cl. The van der Waals surface area contributed by atoms with Crippen molar-refractivity contribution in [2.24, 2.45) is 0 Å². The van der Waals surface area contributed by atoms with Gasteiger partial charge < -0.3 is 10.1 Å². The zero-order valence-electron chi connectivity index (χ0n) is 11.9. The van der Waals surface area contributed by atoms with E-state index in [0.29, 0.717) is 13.2 Å². The number of para-hydroxylation sites is 1. The van der Waals surface area contributed by atoms with E-state index in [1.54, 1.807) is 0 Å². The molecule has 0 amide bonds. The first kappa shape index (κ1) is 14.9. The van der Waals surface area contributed by atoms with Crippen LogP contribution in [0.3, 0.4) is 0 Å². The van der Waals surface area contributed by atoms with E-state index in [1.165, 1.54) is 5.56 Å². The lowest BCUT2D eigenvalue weighted by atomic mass is 10.1. The summed E-state index contributed by atoms with van der Waals surface area (Å²) < 4.78 is 5.79.